The van der Waals surface area contributed by atoms with E-state index >= 15 is 0 Å². The standard InChI is InChI=1S/C20H24F2N4O3/c1-13(20(2,3)28)25-17(14-5-7-16(8-6-14)29-19(21)22)9-10-18(27)26(25)15-11-23-24(4)12-15/h5-9,11-13,19,28H,10H2,1-4H3/t13-/m0/s1. The number of hydrazine groups is 1. The molecule has 1 aromatic heterocycles. The molecule has 0 radical (unpaired) electrons. The Kier molecular flexibility index (Phi) is 5.61. The summed E-state index contributed by atoms with van der Waals surface area (Å²) in [6, 6.07) is 5.69. The molecule has 0 fully saturated rings. The van der Waals surface area contributed by atoms with Crippen LogP contribution in [0.15, 0.2) is 42.7 Å². The maximum absolute atomic E-state index is 12.8. The summed E-state index contributed by atoms with van der Waals surface area (Å²) >= 11 is 0. The summed E-state index contributed by atoms with van der Waals surface area (Å²) in [4.78, 5) is 12.8. The Balaban J connectivity index is 2.05. The van der Waals surface area contributed by atoms with Gasteiger partial charge in [-0.05, 0) is 56.7 Å². The second-order valence-corrected chi connectivity index (χ2v) is 7.45. The number of carbonyl (C=O) groups excluding carboxylic acids is 1. The van der Waals surface area contributed by atoms with Crippen LogP contribution in [-0.2, 0) is 11.8 Å². The summed E-state index contributed by atoms with van der Waals surface area (Å²) in [5, 5.41) is 18.0. The second-order valence-electron chi connectivity index (χ2n) is 7.45. The van der Waals surface area contributed by atoms with Crippen LogP contribution in [0.2, 0.25) is 0 Å². The topological polar surface area (TPSA) is 70.8 Å². The zero-order chi connectivity index (χ0) is 21.3. The molecule has 1 amide bonds. The van der Waals surface area contributed by atoms with Crippen molar-refractivity contribution in [1.29, 1.82) is 0 Å². The van der Waals surface area contributed by atoms with E-state index in [1.165, 1.54) is 17.1 Å². The number of nitrogens with zero attached hydrogens (tertiary/aromatic N) is 4. The van der Waals surface area contributed by atoms with Gasteiger partial charge in [0, 0.05) is 13.5 Å². The molecular formula is C20H24F2N4O3. The predicted molar refractivity (Wildman–Crippen MR) is 104 cm³/mol. The van der Waals surface area contributed by atoms with Crippen LogP contribution in [0.5, 0.6) is 5.75 Å². The molecule has 0 spiro atoms. The quantitative estimate of drug-likeness (QED) is 0.798. The van der Waals surface area contributed by atoms with Crippen LogP contribution in [0, 0.1) is 0 Å². The Labute approximate surface area is 167 Å². The highest BCUT2D eigenvalue weighted by Crippen LogP contribution is 2.35. The van der Waals surface area contributed by atoms with E-state index in [0.717, 1.165) is 0 Å². The highest BCUT2D eigenvalue weighted by Gasteiger charge is 2.39. The molecule has 9 heteroatoms. The first-order valence-corrected chi connectivity index (χ1v) is 9.16. The van der Waals surface area contributed by atoms with Crippen molar-refractivity contribution in [3.63, 3.8) is 0 Å². The van der Waals surface area contributed by atoms with Gasteiger partial charge < -0.3 is 9.84 Å². The van der Waals surface area contributed by atoms with Gasteiger partial charge in [-0.15, -0.1) is 0 Å². The van der Waals surface area contributed by atoms with Crippen LogP contribution < -0.4 is 9.75 Å². The highest BCUT2D eigenvalue weighted by atomic mass is 19.3. The Morgan fingerprint density at radius 1 is 1.24 bits per heavy atom. The van der Waals surface area contributed by atoms with E-state index in [4.69, 9.17) is 0 Å². The number of ether oxygens (including phenoxy) is 1. The third-order valence-electron chi connectivity index (χ3n) is 4.87. The molecule has 0 saturated carbocycles. The largest absolute Gasteiger partial charge is 0.435 e. The van der Waals surface area contributed by atoms with Gasteiger partial charge in [0.15, 0.2) is 0 Å². The number of amides is 1. The maximum atomic E-state index is 12.8. The normalized spacial score (nSPS) is 16.3. The van der Waals surface area contributed by atoms with Gasteiger partial charge in [-0.3, -0.25) is 14.5 Å². The lowest BCUT2D eigenvalue weighted by molar-refractivity contribution is -0.122. The molecule has 1 aliphatic heterocycles. The van der Waals surface area contributed by atoms with Gasteiger partial charge in [-0.1, -0.05) is 0 Å². The molecule has 2 heterocycles. The summed E-state index contributed by atoms with van der Waals surface area (Å²) in [6.45, 7) is 2.23. The van der Waals surface area contributed by atoms with Crippen molar-refractivity contribution < 1.29 is 23.4 Å². The number of carbonyl (C=O) groups is 1. The number of benzene rings is 1. The van der Waals surface area contributed by atoms with E-state index in [-0.39, 0.29) is 18.1 Å². The van der Waals surface area contributed by atoms with Crippen LogP contribution in [0.1, 0.15) is 32.8 Å². The van der Waals surface area contributed by atoms with E-state index in [2.05, 4.69) is 9.84 Å². The molecule has 0 bridgehead atoms. The summed E-state index contributed by atoms with van der Waals surface area (Å²) in [7, 11) is 1.75. The lowest BCUT2D eigenvalue weighted by Gasteiger charge is -2.47. The van der Waals surface area contributed by atoms with Gasteiger partial charge in [0.1, 0.15) is 11.4 Å². The molecule has 0 saturated heterocycles. The number of hydrogen-bond acceptors (Lipinski definition) is 5. The van der Waals surface area contributed by atoms with Crippen molar-refractivity contribution in [3.8, 4) is 5.75 Å². The number of aliphatic hydroxyl groups is 1. The summed E-state index contributed by atoms with van der Waals surface area (Å²) in [6.07, 6.45) is 5.20. The number of hydrogen-bond donors (Lipinski definition) is 1. The minimum atomic E-state index is -2.90. The van der Waals surface area contributed by atoms with E-state index < -0.39 is 18.3 Å². The van der Waals surface area contributed by atoms with E-state index in [0.29, 0.717) is 16.9 Å². The summed E-state index contributed by atoms with van der Waals surface area (Å²) in [5.41, 5.74) is 0.795. The molecule has 3 rings (SSSR count). The zero-order valence-electron chi connectivity index (χ0n) is 16.7. The van der Waals surface area contributed by atoms with E-state index in [1.54, 1.807) is 61.2 Å². The van der Waals surface area contributed by atoms with Crippen LogP contribution in [0.4, 0.5) is 14.5 Å². The molecule has 7 nitrogen and oxygen atoms in total. The lowest BCUT2D eigenvalue weighted by atomic mass is 9.97. The molecule has 1 atom stereocenters. The smallest absolute Gasteiger partial charge is 0.387 e. The van der Waals surface area contributed by atoms with Crippen LogP contribution in [0.3, 0.4) is 0 Å². The SMILES string of the molecule is C[C@H](N1C(c2ccc(OC(F)F)cc2)=CCC(=O)N1c1cnn(C)c1)C(C)(C)O. The number of anilines is 1. The van der Waals surface area contributed by atoms with Crippen LogP contribution in [-0.4, -0.2) is 44.1 Å². The van der Waals surface area contributed by atoms with E-state index in [1.807, 2.05) is 6.92 Å². The fraction of sp³-hybridized carbons (Fsp3) is 0.400. The molecule has 1 N–H and O–H groups in total. The molecule has 0 unspecified atom stereocenters. The number of rotatable bonds is 6. The van der Waals surface area contributed by atoms with E-state index in [9.17, 15) is 18.7 Å². The van der Waals surface area contributed by atoms with Crippen LogP contribution >= 0.6 is 0 Å². The maximum Gasteiger partial charge on any atom is 0.387 e. The van der Waals surface area contributed by atoms with Crippen molar-refractivity contribution in [3.05, 3.63) is 48.3 Å². The molecule has 29 heavy (non-hydrogen) atoms. The number of aromatic nitrogens is 2. The Hall–Kier alpha value is -2.94. The average molecular weight is 406 g/mol. The third-order valence-corrected chi connectivity index (χ3v) is 4.87. The first-order chi connectivity index (χ1) is 13.6. The molecule has 2 aromatic rings. The zero-order valence-corrected chi connectivity index (χ0v) is 16.7. The van der Waals surface area contributed by atoms with Crippen molar-refractivity contribution in [2.45, 2.75) is 45.4 Å². The Morgan fingerprint density at radius 3 is 2.41 bits per heavy atom. The van der Waals surface area contributed by atoms with Crippen molar-refractivity contribution in [2.24, 2.45) is 7.05 Å². The van der Waals surface area contributed by atoms with Crippen molar-refractivity contribution in [2.75, 3.05) is 5.01 Å². The number of alkyl halides is 2. The fourth-order valence-corrected chi connectivity index (χ4v) is 3.12. The first kappa shape index (κ1) is 20.8. The fourth-order valence-electron chi connectivity index (χ4n) is 3.12. The monoisotopic (exact) mass is 406 g/mol. The van der Waals surface area contributed by atoms with Crippen molar-refractivity contribution >= 4 is 17.3 Å². The lowest BCUT2D eigenvalue weighted by Crippen LogP contribution is -2.58. The first-order valence-electron chi connectivity index (χ1n) is 9.16. The Morgan fingerprint density at radius 2 is 1.90 bits per heavy atom. The summed E-state index contributed by atoms with van der Waals surface area (Å²) < 4.78 is 30.9. The minimum Gasteiger partial charge on any atom is -0.435 e. The molecule has 1 aliphatic rings. The van der Waals surface area contributed by atoms with Gasteiger partial charge in [-0.2, -0.15) is 13.9 Å². The highest BCUT2D eigenvalue weighted by molar-refractivity contribution is 5.97. The average Bonchev–Trinajstić information content (AvgIpc) is 3.06. The van der Waals surface area contributed by atoms with Crippen LogP contribution in [0.25, 0.3) is 5.70 Å². The van der Waals surface area contributed by atoms with Gasteiger partial charge >= 0.3 is 6.61 Å². The molecule has 0 aliphatic carbocycles. The van der Waals surface area contributed by atoms with Gasteiger partial charge in [0.25, 0.3) is 0 Å². The summed E-state index contributed by atoms with van der Waals surface area (Å²) in [5.74, 6) is -0.127. The number of halogens is 2. The second kappa shape index (κ2) is 7.82. The molecule has 1 aromatic carbocycles. The Bertz CT molecular complexity index is 903. The van der Waals surface area contributed by atoms with Gasteiger partial charge in [0.05, 0.1) is 29.7 Å². The molecular weight excluding hydrogens is 382 g/mol. The van der Waals surface area contributed by atoms with Gasteiger partial charge in [-0.25, -0.2) is 5.01 Å². The molecule has 156 valence electrons. The third kappa shape index (κ3) is 4.40. The number of aryl methyl sites for hydroxylation is 1. The van der Waals surface area contributed by atoms with Crippen molar-refractivity contribution in [1.82, 2.24) is 14.8 Å². The predicted octanol–water partition coefficient (Wildman–Crippen LogP) is 3.18. The minimum absolute atomic E-state index is 0.0439. The van der Waals surface area contributed by atoms with Gasteiger partial charge in [0.2, 0.25) is 5.91 Å².